The van der Waals surface area contributed by atoms with Gasteiger partial charge in [0.1, 0.15) is 0 Å². The van der Waals surface area contributed by atoms with Crippen LogP contribution in [0.4, 0.5) is 13.2 Å². The third-order valence-electron chi connectivity index (χ3n) is 3.22. The van der Waals surface area contributed by atoms with Crippen molar-refractivity contribution < 1.29 is 22.8 Å². The molecule has 0 spiro atoms. The van der Waals surface area contributed by atoms with E-state index in [0.717, 1.165) is 12.1 Å². The number of carbonyl (C=O) groups is 2. The Balaban J connectivity index is 2.07. The molecule has 0 unspecified atom stereocenters. The van der Waals surface area contributed by atoms with Gasteiger partial charge >= 0.3 is 6.18 Å². The van der Waals surface area contributed by atoms with Crippen molar-refractivity contribution in [1.82, 2.24) is 10.2 Å². The SMILES string of the molecule is O=C1CN(C(=O)Cc2cccc(C(F)(F)F)c2)CCCN1. The topological polar surface area (TPSA) is 49.4 Å². The predicted molar refractivity (Wildman–Crippen MR) is 69.4 cm³/mol. The summed E-state index contributed by atoms with van der Waals surface area (Å²) in [6.45, 7) is 0.889. The van der Waals surface area contributed by atoms with Gasteiger partial charge in [-0.05, 0) is 18.1 Å². The number of alkyl halides is 3. The van der Waals surface area contributed by atoms with Gasteiger partial charge in [0.05, 0.1) is 18.5 Å². The van der Waals surface area contributed by atoms with Gasteiger partial charge < -0.3 is 10.2 Å². The van der Waals surface area contributed by atoms with Crippen molar-refractivity contribution in [3.05, 3.63) is 35.4 Å². The minimum absolute atomic E-state index is 0.0439. The maximum atomic E-state index is 12.6. The van der Waals surface area contributed by atoms with E-state index in [4.69, 9.17) is 0 Å². The first-order valence-electron chi connectivity index (χ1n) is 6.57. The molecule has 0 radical (unpaired) electrons. The van der Waals surface area contributed by atoms with Crippen LogP contribution in [0.2, 0.25) is 0 Å². The van der Waals surface area contributed by atoms with E-state index in [2.05, 4.69) is 5.32 Å². The molecule has 0 aromatic heterocycles. The van der Waals surface area contributed by atoms with Crippen molar-refractivity contribution in [3.63, 3.8) is 0 Å². The lowest BCUT2D eigenvalue weighted by molar-refractivity contribution is -0.138. The molecule has 0 aliphatic carbocycles. The molecule has 1 N–H and O–H groups in total. The van der Waals surface area contributed by atoms with Gasteiger partial charge in [-0.15, -0.1) is 0 Å². The van der Waals surface area contributed by atoms with Crippen LogP contribution in [0.1, 0.15) is 17.5 Å². The summed E-state index contributed by atoms with van der Waals surface area (Å²) < 4.78 is 37.8. The van der Waals surface area contributed by atoms with Crippen LogP contribution in [0.15, 0.2) is 24.3 Å². The van der Waals surface area contributed by atoms with Crippen LogP contribution in [0.3, 0.4) is 0 Å². The summed E-state index contributed by atoms with van der Waals surface area (Å²) in [5.74, 6) is -0.587. The zero-order valence-electron chi connectivity index (χ0n) is 11.2. The summed E-state index contributed by atoms with van der Waals surface area (Å²) in [7, 11) is 0. The number of hydrogen-bond donors (Lipinski definition) is 1. The Morgan fingerprint density at radius 1 is 1.33 bits per heavy atom. The van der Waals surface area contributed by atoms with Gasteiger partial charge in [-0.3, -0.25) is 9.59 Å². The molecule has 0 saturated carbocycles. The lowest BCUT2D eigenvalue weighted by Gasteiger charge is -2.19. The van der Waals surface area contributed by atoms with E-state index in [1.807, 2.05) is 0 Å². The molecule has 0 bridgehead atoms. The fourth-order valence-electron chi connectivity index (χ4n) is 2.16. The van der Waals surface area contributed by atoms with E-state index < -0.39 is 11.7 Å². The summed E-state index contributed by atoms with van der Waals surface area (Å²) in [5, 5.41) is 2.64. The quantitative estimate of drug-likeness (QED) is 0.902. The highest BCUT2D eigenvalue weighted by Gasteiger charge is 2.30. The Kier molecular flexibility index (Phi) is 4.50. The minimum Gasteiger partial charge on any atom is -0.354 e. The van der Waals surface area contributed by atoms with E-state index >= 15 is 0 Å². The summed E-state index contributed by atoms with van der Waals surface area (Å²) in [6, 6.07) is 4.69. The summed E-state index contributed by atoms with van der Waals surface area (Å²) in [4.78, 5) is 24.9. The first kappa shape index (κ1) is 15.3. The van der Waals surface area contributed by atoms with Crippen LogP contribution in [0.25, 0.3) is 0 Å². The Morgan fingerprint density at radius 3 is 2.81 bits per heavy atom. The van der Waals surface area contributed by atoms with E-state index in [1.165, 1.54) is 17.0 Å². The molecule has 114 valence electrons. The molecule has 7 heteroatoms. The molecule has 1 fully saturated rings. The molecule has 1 aromatic carbocycles. The molecule has 1 heterocycles. The van der Waals surface area contributed by atoms with Gasteiger partial charge in [0, 0.05) is 13.1 Å². The fraction of sp³-hybridized carbons (Fsp3) is 0.429. The zero-order valence-corrected chi connectivity index (χ0v) is 11.2. The van der Waals surface area contributed by atoms with Crippen LogP contribution in [-0.4, -0.2) is 36.3 Å². The van der Waals surface area contributed by atoms with Crippen LogP contribution < -0.4 is 5.32 Å². The van der Waals surface area contributed by atoms with Gasteiger partial charge in [-0.25, -0.2) is 0 Å². The van der Waals surface area contributed by atoms with E-state index in [-0.39, 0.29) is 24.8 Å². The third-order valence-corrected chi connectivity index (χ3v) is 3.22. The number of rotatable bonds is 2. The molecule has 21 heavy (non-hydrogen) atoms. The van der Waals surface area contributed by atoms with Crippen LogP contribution in [-0.2, 0) is 22.2 Å². The molecule has 0 atom stereocenters. The second-order valence-electron chi connectivity index (χ2n) is 4.89. The fourth-order valence-corrected chi connectivity index (χ4v) is 2.16. The molecule has 2 rings (SSSR count). The first-order chi connectivity index (χ1) is 9.86. The number of benzene rings is 1. The third kappa shape index (κ3) is 4.21. The van der Waals surface area contributed by atoms with Crippen molar-refractivity contribution in [1.29, 1.82) is 0 Å². The van der Waals surface area contributed by atoms with Crippen molar-refractivity contribution in [2.75, 3.05) is 19.6 Å². The van der Waals surface area contributed by atoms with Crippen molar-refractivity contribution in [2.45, 2.75) is 19.0 Å². The molecule has 2 amide bonds. The number of nitrogens with one attached hydrogen (secondary N) is 1. The minimum atomic E-state index is -4.43. The van der Waals surface area contributed by atoms with Crippen LogP contribution >= 0.6 is 0 Å². The number of halogens is 3. The van der Waals surface area contributed by atoms with E-state index in [1.54, 1.807) is 0 Å². The maximum Gasteiger partial charge on any atom is 0.416 e. The zero-order chi connectivity index (χ0) is 15.5. The summed E-state index contributed by atoms with van der Waals surface area (Å²) in [5.41, 5.74) is -0.485. The van der Waals surface area contributed by atoms with E-state index in [9.17, 15) is 22.8 Å². The van der Waals surface area contributed by atoms with Gasteiger partial charge in [0.15, 0.2) is 0 Å². The highest BCUT2D eigenvalue weighted by molar-refractivity contribution is 5.86. The van der Waals surface area contributed by atoms with Crippen molar-refractivity contribution in [3.8, 4) is 0 Å². The average molecular weight is 300 g/mol. The number of hydrogen-bond acceptors (Lipinski definition) is 2. The highest BCUT2D eigenvalue weighted by Crippen LogP contribution is 2.29. The second kappa shape index (κ2) is 6.15. The summed E-state index contributed by atoms with van der Waals surface area (Å²) in [6.07, 6.45) is -3.93. The van der Waals surface area contributed by atoms with Crippen molar-refractivity contribution in [2.24, 2.45) is 0 Å². The molecule has 1 saturated heterocycles. The first-order valence-corrected chi connectivity index (χ1v) is 6.57. The monoisotopic (exact) mass is 300 g/mol. The van der Waals surface area contributed by atoms with E-state index in [0.29, 0.717) is 25.1 Å². The lowest BCUT2D eigenvalue weighted by Crippen LogP contribution is -2.38. The number of amides is 2. The Bertz CT molecular complexity index is 543. The highest BCUT2D eigenvalue weighted by atomic mass is 19.4. The molecule has 1 aliphatic rings. The molecular weight excluding hydrogens is 285 g/mol. The molecule has 1 aliphatic heterocycles. The van der Waals surface area contributed by atoms with Crippen LogP contribution in [0.5, 0.6) is 0 Å². The van der Waals surface area contributed by atoms with Gasteiger partial charge in [-0.1, -0.05) is 18.2 Å². The summed E-state index contributed by atoms with van der Waals surface area (Å²) >= 11 is 0. The lowest BCUT2D eigenvalue weighted by atomic mass is 10.1. The van der Waals surface area contributed by atoms with Gasteiger partial charge in [0.2, 0.25) is 11.8 Å². The number of nitrogens with zero attached hydrogens (tertiary/aromatic N) is 1. The molecular formula is C14H15F3N2O2. The normalized spacial score (nSPS) is 16.3. The standard InChI is InChI=1S/C14H15F3N2O2/c15-14(16,17)11-4-1-3-10(7-11)8-13(21)19-6-2-5-18-12(20)9-19/h1,3-4,7H,2,5-6,8-9H2,(H,18,20). The average Bonchev–Trinajstić information content (AvgIpc) is 2.63. The Hall–Kier alpha value is -2.05. The number of carbonyl (C=O) groups excluding carboxylic acids is 2. The Morgan fingerprint density at radius 2 is 2.10 bits per heavy atom. The smallest absolute Gasteiger partial charge is 0.354 e. The molecule has 4 nitrogen and oxygen atoms in total. The molecule has 1 aromatic rings. The van der Waals surface area contributed by atoms with Gasteiger partial charge in [0.25, 0.3) is 0 Å². The predicted octanol–water partition coefficient (Wildman–Crippen LogP) is 1.60. The van der Waals surface area contributed by atoms with Crippen molar-refractivity contribution >= 4 is 11.8 Å². The largest absolute Gasteiger partial charge is 0.416 e. The van der Waals surface area contributed by atoms with Crippen LogP contribution in [0, 0.1) is 0 Å². The second-order valence-corrected chi connectivity index (χ2v) is 4.89. The Labute approximate surface area is 119 Å². The maximum absolute atomic E-state index is 12.6. The van der Waals surface area contributed by atoms with Gasteiger partial charge in [-0.2, -0.15) is 13.2 Å².